The van der Waals surface area contributed by atoms with Crippen molar-refractivity contribution in [1.82, 2.24) is 24.5 Å². The number of nitrogens with zero attached hydrogens (tertiary/aromatic N) is 6. The zero-order chi connectivity index (χ0) is 20.0. The summed E-state index contributed by atoms with van der Waals surface area (Å²) in [6, 6.07) is 5.79. The average molecular weight is 392 g/mol. The van der Waals surface area contributed by atoms with Gasteiger partial charge < -0.3 is 14.2 Å². The van der Waals surface area contributed by atoms with Gasteiger partial charge in [-0.25, -0.2) is 14.7 Å². The van der Waals surface area contributed by atoms with Crippen molar-refractivity contribution in [2.45, 2.75) is 19.1 Å². The average Bonchev–Trinajstić information content (AvgIpc) is 3.45. The van der Waals surface area contributed by atoms with Gasteiger partial charge in [0, 0.05) is 19.6 Å². The van der Waals surface area contributed by atoms with E-state index in [1.807, 2.05) is 27.4 Å². The lowest BCUT2D eigenvalue weighted by Crippen LogP contribution is -2.09. The van der Waals surface area contributed by atoms with Crippen molar-refractivity contribution in [1.29, 1.82) is 0 Å². The van der Waals surface area contributed by atoms with Gasteiger partial charge in [0.05, 0.1) is 36.5 Å². The Morgan fingerprint density at radius 3 is 2.93 bits per heavy atom. The van der Waals surface area contributed by atoms with Crippen LogP contribution in [0.5, 0.6) is 5.75 Å². The van der Waals surface area contributed by atoms with E-state index in [2.05, 4.69) is 26.9 Å². The molecule has 9 nitrogen and oxygen atoms in total. The second kappa shape index (κ2) is 6.85. The van der Waals surface area contributed by atoms with Crippen molar-refractivity contribution in [3.05, 3.63) is 60.0 Å². The Hall–Kier alpha value is -3.46. The maximum absolute atomic E-state index is 5.80. The van der Waals surface area contributed by atoms with Gasteiger partial charge in [0.1, 0.15) is 36.1 Å². The lowest BCUT2D eigenvalue weighted by molar-refractivity contribution is 0.180. The molecular weight excluding hydrogens is 372 g/mol. The van der Waals surface area contributed by atoms with Crippen molar-refractivity contribution >= 4 is 5.90 Å². The first-order valence-electron chi connectivity index (χ1n) is 9.24. The van der Waals surface area contributed by atoms with Crippen LogP contribution in [-0.4, -0.2) is 57.3 Å². The summed E-state index contributed by atoms with van der Waals surface area (Å²) in [7, 11) is 3.29. The molecule has 0 amide bonds. The summed E-state index contributed by atoms with van der Waals surface area (Å²) in [5, 5.41) is 8.73. The van der Waals surface area contributed by atoms with Crippen LogP contribution in [0.4, 0.5) is 0 Å². The summed E-state index contributed by atoms with van der Waals surface area (Å²) in [6.45, 7) is 4.65. The van der Waals surface area contributed by atoms with Gasteiger partial charge in [-0.05, 0) is 12.1 Å². The van der Waals surface area contributed by atoms with Crippen LogP contribution in [0.3, 0.4) is 0 Å². The number of ether oxygens (including phenoxy) is 3. The largest absolute Gasteiger partial charge is 0.497 e. The molecule has 1 aromatic carbocycles. The van der Waals surface area contributed by atoms with Crippen LogP contribution in [-0.2, 0) is 22.5 Å². The zero-order valence-corrected chi connectivity index (χ0v) is 16.2. The van der Waals surface area contributed by atoms with E-state index in [0.29, 0.717) is 31.2 Å². The molecule has 0 aliphatic carbocycles. The number of rotatable bonds is 5. The molecule has 0 radical (unpaired) electrons. The van der Waals surface area contributed by atoms with E-state index in [4.69, 9.17) is 14.2 Å². The fraction of sp³-hybridized carbons (Fsp3) is 0.300. The SMILES string of the molecule is C=CC1COC(c2ncn3c2Cc2c(COC)nnn2-c2cc(OC)ccc2-3)=N1. The van der Waals surface area contributed by atoms with Crippen molar-refractivity contribution in [3.8, 4) is 17.1 Å². The first-order valence-corrected chi connectivity index (χ1v) is 9.24. The summed E-state index contributed by atoms with van der Waals surface area (Å²) >= 11 is 0. The Morgan fingerprint density at radius 1 is 1.28 bits per heavy atom. The number of imidazole rings is 1. The molecule has 0 saturated carbocycles. The summed E-state index contributed by atoms with van der Waals surface area (Å²) in [4.78, 5) is 9.22. The van der Waals surface area contributed by atoms with Gasteiger partial charge in [-0.3, -0.25) is 4.57 Å². The van der Waals surface area contributed by atoms with Crippen molar-refractivity contribution < 1.29 is 14.2 Å². The van der Waals surface area contributed by atoms with E-state index in [9.17, 15) is 0 Å². The molecule has 0 fully saturated rings. The second-order valence-electron chi connectivity index (χ2n) is 6.82. The minimum atomic E-state index is -0.0547. The Morgan fingerprint density at radius 2 is 2.17 bits per heavy atom. The fourth-order valence-electron chi connectivity index (χ4n) is 3.68. The van der Waals surface area contributed by atoms with Gasteiger partial charge in [0.25, 0.3) is 0 Å². The van der Waals surface area contributed by atoms with Gasteiger partial charge in [-0.1, -0.05) is 11.3 Å². The number of hydrogen-bond donors (Lipinski definition) is 0. The topological polar surface area (TPSA) is 88.6 Å². The van der Waals surface area contributed by atoms with Crippen LogP contribution < -0.4 is 4.74 Å². The van der Waals surface area contributed by atoms with Gasteiger partial charge in [0.15, 0.2) is 0 Å². The highest BCUT2D eigenvalue weighted by Gasteiger charge is 2.30. The molecule has 2 aliphatic heterocycles. The van der Waals surface area contributed by atoms with E-state index in [0.717, 1.165) is 34.2 Å². The van der Waals surface area contributed by atoms with Gasteiger partial charge in [-0.15, -0.1) is 11.7 Å². The molecule has 0 spiro atoms. The monoisotopic (exact) mass is 392 g/mol. The van der Waals surface area contributed by atoms with Crippen LogP contribution in [0.25, 0.3) is 11.4 Å². The molecule has 29 heavy (non-hydrogen) atoms. The summed E-state index contributed by atoms with van der Waals surface area (Å²) in [5.74, 6) is 1.27. The van der Waals surface area contributed by atoms with E-state index < -0.39 is 0 Å². The highest BCUT2D eigenvalue weighted by molar-refractivity contribution is 5.95. The number of aromatic nitrogens is 5. The van der Waals surface area contributed by atoms with E-state index in [-0.39, 0.29) is 6.04 Å². The smallest absolute Gasteiger partial charge is 0.238 e. The van der Waals surface area contributed by atoms with Crippen molar-refractivity contribution in [3.63, 3.8) is 0 Å². The van der Waals surface area contributed by atoms with E-state index in [1.54, 1.807) is 26.6 Å². The molecule has 2 aromatic heterocycles. The first kappa shape index (κ1) is 17.6. The maximum Gasteiger partial charge on any atom is 0.238 e. The van der Waals surface area contributed by atoms with Gasteiger partial charge in [0.2, 0.25) is 5.90 Å². The molecule has 0 bridgehead atoms. The van der Waals surface area contributed by atoms with Crippen molar-refractivity contribution in [2.75, 3.05) is 20.8 Å². The lowest BCUT2D eigenvalue weighted by atomic mass is 10.1. The summed E-state index contributed by atoms with van der Waals surface area (Å²) < 4.78 is 20.4. The maximum atomic E-state index is 5.80. The summed E-state index contributed by atoms with van der Waals surface area (Å²) in [6.07, 6.45) is 4.12. The number of aliphatic imine (C=N–C) groups is 1. The predicted molar refractivity (Wildman–Crippen MR) is 105 cm³/mol. The number of fused-ring (bicyclic) bond motifs is 5. The van der Waals surface area contributed by atoms with E-state index in [1.165, 1.54) is 0 Å². The number of benzene rings is 1. The number of methoxy groups -OCH3 is 2. The second-order valence-corrected chi connectivity index (χ2v) is 6.82. The van der Waals surface area contributed by atoms with Crippen LogP contribution in [0.1, 0.15) is 22.8 Å². The quantitative estimate of drug-likeness (QED) is 0.482. The van der Waals surface area contributed by atoms with Crippen molar-refractivity contribution in [2.24, 2.45) is 4.99 Å². The lowest BCUT2D eigenvalue weighted by Gasteiger charge is -2.11. The zero-order valence-electron chi connectivity index (χ0n) is 16.2. The molecule has 9 heteroatoms. The molecular formula is C20H20N6O3. The van der Waals surface area contributed by atoms with Crippen LogP contribution >= 0.6 is 0 Å². The van der Waals surface area contributed by atoms with E-state index >= 15 is 0 Å². The standard InChI is InChI=1S/C20H20N6O3/c1-4-12-9-29-20(22-12)19-18-8-16-14(10-27-2)23-24-26(16)17-7-13(28-3)5-6-15(17)25(18)11-21-19/h4-7,11-12H,1,8-10H2,2-3H3. The molecule has 1 atom stereocenters. The van der Waals surface area contributed by atoms with Crippen LogP contribution in [0, 0.1) is 0 Å². The minimum absolute atomic E-state index is 0.0547. The normalized spacial score (nSPS) is 16.9. The Kier molecular flexibility index (Phi) is 4.17. The highest BCUT2D eigenvalue weighted by Crippen LogP contribution is 2.33. The minimum Gasteiger partial charge on any atom is -0.497 e. The third-order valence-corrected chi connectivity index (χ3v) is 5.14. The Bertz CT molecular complexity index is 1130. The fourth-order valence-corrected chi connectivity index (χ4v) is 3.68. The molecule has 148 valence electrons. The third-order valence-electron chi connectivity index (χ3n) is 5.14. The first-order chi connectivity index (χ1) is 14.2. The predicted octanol–water partition coefficient (Wildman–Crippen LogP) is 1.84. The third kappa shape index (κ3) is 2.73. The van der Waals surface area contributed by atoms with Crippen LogP contribution in [0.2, 0.25) is 0 Å². The summed E-state index contributed by atoms with van der Waals surface area (Å²) in [5.41, 5.74) is 5.16. The molecule has 3 aromatic rings. The Labute approximate surface area is 167 Å². The molecule has 1 unspecified atom stereocenters. The molecule has 2 aliphatic rings. The van der Waals surface area contributed by atoms with Crippen LogP contribution in [0.15, 0.2) is 42.2 Å². The molecule has 5 rings (SSSR count). The molecule has 0 saturated heterocycles. The van der Waals surface area contributed by atoms with Gasteiger partial charge in [-0.2, -0.15) is 0 Å². The highest BCUT2D eigenvalue weighted by atomic mass is 16.5. The number of hydrogen-bond acceptors (Lipinski definition) is 7. The molecule has 4 heterocycles. The molecule has 0 N–H and O–H groups in total. The Balaban J connectivity index is 1.73. The van der Waals surface area contributed by atoms with Gasteiger partial charge >= 0.3 is 0 Å².